The zero-order chi connectivity index (χ0) is 22.2. The van der Waals surface area contributed by atoms with E-state index in [0.29, 0.717) is 27.8 Å². The van der Waals surface area contributed by atoms with Gasteiger partial charge in [0.05, 0.1) is 29.0 Å². The lowest BCUT2D eigenvalue weighted by Gasteiger charge is -2.16. The number of nitrogens with one attached hydrogen (secondary N) is 2. The molecule has 0 radical (unpaired) electrons. The monoisotopic (exact) mass is 438 g/mol. The second-order valence-electron chi connectivity index (χ2n) is 7.00. The molecule has 0 aliphatic carbocycles. The van der Waals surface area contributed by atoms with Gasteiger partial charge in [-0.1, -0.05) is 24.3 Å². The highest BCUT2D eigenvalue weighted by atomic mass is 32.2. The Morgan fingerprint density at radius 2 is 1.74 bits per heavy atom. The number of rotatable bonds is 5. The van der Waals surface area contributed by atoms with E-state index >= 15 is 0 Å². The van der Waals surface area contributed by atoms with Gasteiger partial charge in [-0.25, -0.2) is 4.39 Å². The maximum Gasteiger partial charge on any atom is 0.295 e. The molecule has 0 bridgehead atoms. The van der Waals surface area contributed by atoms with Crippen LogP contribution in [0.15, 0.2) is 71.8 Å². The van der Waals surface area contributed by atoms with Crippen LogP contribution in [0.5, 0.6) is 0 Å². The average Bonchev–Trinajstić information content (AvgIpc) is 2.73. The molecule has 7 nitrogen and oxygen atoms in total. The first-order valence-electron chi connectivity index (χ1n) is 9.27. The summed E-state index contributed by atoms with van der Waals surface area (Å²) < 4.78 is 46.6. The molecule has 0 saturated heterocycles. The van der Waals surface area contributed by atoms with Gasteiger partial charge in [-0.2, -0.15) is 8.42 Å². The van der Waals surface area contributed by atoms with E-state index in [1.54, 1.807) is 48.7 Å². The van der Waals surface area contributed by atoms with Crippen LogP contribution in [-0.4, -0.2) is 18.0 Å². The zero-order valence-electron chi connectivity index (χ0n) is 16.4. The zero-order valence-corrected chi connectivity index (χ0v) is 17.2. The van der Waals surface area contributed by atoms with Gasteiger partial charge in [0.25, 0.3) is 10.1 Å². The van der Waals surface area contributed by atoms with Gasteiger partial charge >= 0.3 is 0 Å². The number of halogens is 1. The molecule has 0 atom stereocenters. The number of anilines is 3. The van der Waals surface area contributed by atoms with E-state index in [9.17, 15) is 17.4 Å². The van der Waals surface area contributed by atoms with E-state index in [2.05, 4.69) is 15.8 Å². The molecule has 0 aliphatic heterocycles. The number of nitrogen functional groups attached to an aromatic ring is 1. The van der Waals surface area contributed by atoms with Crippen molar-refractivity contribution in [3.63, 3.8) is 0 Å². The first-order chi connectivity index (χ1) is 14.7. The van der Waals surface area contributed by atoms with Gasteiger partial charge in [-0.05, 0) is 48.9 Å². The predicted molar refractivity (Wildman–Crippen MR) is 120 cm³/mol. The highest BCUT2D eigenvalue weighted by Gasteiger charge is 2.18. The summed E-state index contributed by atoms with van der Waals surface area (Å²) in [5, 5.41) is 0.816. The van der Waals surface area contributed by atoms with E-state index in [1.165, 1.54) is 18.2 Å². The molecule has 9 heteroatoms. The number of nitrogens with two attached hydrogens (primary N) is 1. The quantitative estimate of drug-likeness (QED) is 0.204. The minimum Gasteiger partial charge on any atom is -0.396 e. The summed E-state index contributed by atoms with van der Waals surface area (Å²) in [5.74, 6) is -0.305. The van der Waals surface area contributed by atoms with Crippen molar-refractivity contribution in [2.45, 2.75) is 11.8 Å². The van der Waals surface area contributed by atoms with Crippen LogP contribution in [0.3, 0.4) is 0 Å². The summed E-state index contributed by atoms with van der Waals surface area (Å²) in [6, 6.07) is 15.9. The number of hydrogen-bond acceptors (Lipinski definition) is 6. The van der Waals surface area contributed by atoms with Crippen LogP contribution < -0.4 is 16.6 Å². The summed E-state index contributed by atoms with van der Waals surface area (Å²) in [6.07, 6.45) is 1.58. The van der Waals surface area contributed by atoms with Crippen molar-refractivity contribution in [3.05, 3.63) is 78.2 Å². The van der Waals surface area contributed by atoms with Gasteiger partial charge in [0.15, 0.2) is 0 Å². The summed E-state index contributed by atoms with van der Waals surface area (Å²) in [6.45, 7) is 1.81. The van der Waals surface area contributed by atoms with Crippen LogP contribution in [0.1, 0.15) is 5.56 Å². The van der Waals surface area contributed by atoms with Crippen LogP contribution in [0.2, 0.25) is 0 Å². The Bertz CT molecular complexity index is 1390. The van der Waals surface area contributed by atoms with Gasteiger partial charge in [-0.15, -0.1) is 0 Å². The number of fused-ring (bicyclic) bond motifs is 1. The molecule has 0 saturated carbocycles. The normalized spacial score (nSPS) is 11.5. The lowest BCUT2D eigenvalue weighted by Crippen LogP contribution is -2.12. The lowest BCUT2D eigenvalue weighted by molar-refractivity contribution is 0.484. The minimum absolute atomic E-state index is 0.248. The first-order valence-corrected chi connectivity index (χ1v) is 10.7. The molecule has 0 amide bonds. The third kappa shape index (κ3) is 4.14. The minimum atomic E-state index is -4.46. The Balaban J connectivity index is 1.61. The van der Waals surface area contributed by atoms with Crippen molar-refractivity contribution in [1.82, 2.24) is 4.98 Å². The first kappa shape index (κ1) is 20.6. The van der Waals surface area contributed by atoms with Crippen LogP contribution in [0.25, 0.3) is 22.0 Å². The highest BCUT2D eigenvalue weighted by Crippen LogP contribution is 2.34. The van der Waals surface area contributed by atoms with Crippen molar-refractivity contribution < 1.29 is 17.4 Å². The Labute approximate surface area is 178 Å². The molecule has 3 aromatic carbocycles. The Kier molecular flexibility index (Phi) is 5.22. The fourth-order valence-corrected chi connectivity index (χ4v) is 4.09. The molecule has 158 valence electrons. The number of aryl methyl sites for hydroxylation is 1. The van der Waals surface area contributed by atoms with Gasteiger partial charge in [0.1, 0.15) is 10.7 Å². The molecule has 4 rings (SSSR count). The van der Waals surface area contributed by atoms with E-state index in [4.69, 9.17) is 5.73 Å². The number of hydrazine groups is 1. The molecule has 0 unspecified atom stereocenters. The summed E-state index contributed by atoms with van der Waals surface area (Å²) in [5.41, 5.74) is 15.5. The maximum atomic E-state index is 13.3. The fraction of sp³-hybridized carbons (Fsp3) is 0.0455. The molecule has 31 heavy (non-hydrogen) atoms. The van der Waals surface area contributed by atoms with Crippen LogP contribution in [0, 0.1) is 12.7 Å². The number of benzene rings is 3. The lowest BCUT2D eigenvalue weighted by atomic mass is 10.1. The molecule has 0 fully saturated rings. The maximum absolute atomic E-state index is 13.3. The standard InChI is InChI=1S/C22H19FN4O3S/c1-13-10-14(23)6-8-16(13)19-9-7-15(12-25-19)26-27-20-11-21(31(28,29)30)17-4-2-3-5-18(17)22(20)24/h2-12,26-27H,24H2,1H3,(H,28,29,30). The summed E-state index contributed by atoms with van der Waals surface area (Å²) in [4.78, 5) is 4.14. The van der Waals surface area contributed by atoms with Crippen molar-refractivity contribution in [1.29, 1.82) is 0 Å². The number of aromatic nitrogens is 1. The van der Waals surface area contributed by atoms with Gasteiger partial charge in [0.2, 0.25) is 0 Å². The Hall–Kier alpha value is -3.69. The third-order valence-corrected chi connectivity index (χ3v) is 5.79. The van der Waals surface area contributed by atoms with Crippen molar-refractivity contribution in [2.75, 3.05) is 16.6 Å². The van der Waals surface area contributed by atoms with Gasteiger partial charge < -0.3 is 5.73 Å². The fourth-order valence-electron chi connectivity index (χ4n) is 3.36. The average molecular weight is 438 g/mol. The Morgan fingerprint density at radius 1 is 1.00 bits per heavy atom. The Morgan fingerprint density at radius 3 is 2.39 bits per heavy atom. The third-order valence-electron chi connectivity index (χ3n) is 4.90. The van der Waals surface area contributed by atoms with Crippen LogP contribution in [-0.2, 0) is 10.1 Å². The summed E-state index contributed by atoms with van der Waals surface area (Å²) in [7, 11) is -4.46. The van der Waals surface area contributed by atoms with Gasteiger partial charge in [-0.3, -0.25) is 20.4 Å². The highest BCUT2D eigenvalue weighted by molar-refractivity contribution is 7.86. The van der Waals surface area contributed by atoms with Gasteiger partial charge in [0, 0.05) is 16.3 Å². The topological polar surface area (TPSA) is 117 Å². The largest absolute Gasteiger partial charge is 0.396 e. The molecule has 5 N–H and O–H groups in total. The number of pyridine rings is 1. The molecule has 1 heterocycles. The molecule has 4 aromatic rings. The molecule has 1 aromatic heterocycles. The number of nitrogens with zero attached hydrogens (tertiary/aromatic N) is 1. The SMILES string of the molecule is Cc1cc(F)ccc1-c1ccc(NNc2cc(S(=O)(=O)O)c3ccccc3c2N)cn1. The second-order valence-corrected chi connectivity index (χ2v) is 8.39. The molecule has 0 spiro atoms. The van der Waals surface area contributed by atoms with Crippen molar-refractivity contribution in [2.24, 2.45) is 0 Å². The molecular weight excluding hydrogens is 419 g/mol. The smallest absolute Gasteiger partial charge is 0.295 e. The van der Waals surface area contributed by atoms with E-state index in [-0.39, 0.29) is 16.4 Å². The molecule has 0 aliphatic rings. The second kappa shape index (κ2) is 7.86. The van der Waals surface area contributed by atoms with Crippen LogP contribution >= 0.6 is 0 Å². The number of hydrogen-bond donors (Lipinski definition) is 4. The van der Waals surface area contributed by atoms with Crippen LogP contribution in [0.4, 0.5) is 21.5 Å². The van der Waals surface area contributed by atoms with Crippen molar-refractivity contribution >= 4 is 38.0 Å². The van der Waals surface area contributed by atoms with E-state index in [1.807, 2.05) is 6.92 Å². The molecular formula is C22H19FN4O3S. The predicted octanol–water partition coefficient (Wildman–Crippen LogP) is 4.62. The van der Waals surface area contributed by atoms with E-state index in [0.717, 1.165) is 11.1 Å². The van der Waals surface area contributed by atoms with E-state index < -0.39 is 10.1 Å². The summed E-state index contributed by atoms with van der Waals surface area (Å²) >= 11 is 0. The van der Waals surface area contributed by atoms with Crippen molar-refractivity contribution in [3.8, 4) is 11.3 Å².